The van der Waals surface area contributed by atoms with Crippen LogP contribution in [0, 0.1) is 11.6 Å². The molecule has 2 aromatic carbocycles. The summed E-state index contributed by atoms with van der Waals surface area (Å²) in [5.74, 6) is -0.988. The van der Waals surface area contributed by atoms with Gasteiger partial charge in [0.2, 0.25) is 5.91 Å². The Bertz CT molecular complexity index is 814. The lowest BCUT2D eigenvalue weighted by molar-refractivity contribution is -0.133. The molecule has 0 radical (unpaired) electrons. The van der Waals surface area contributed by atoms with Gasteiger partial charge >= 0.3 is 0 Å². The summed E-state index contributed by atoms with van der Waals surface area (Å²) in [5, 5.41) is 0. The van der Waals surface area contributed by atoms with Gasteiger partial charge < -0.3 is 10.6 Å². The summed E-state index contributed by atoms with van der Waals surface area (Å²) in [6.45, 7) is 4.45. The van der Waals surface area contributed by atoms with E-state index in [2.05, 4.69) is 4.90 Å². The number of hydrogen-bond donors (Lipinski definition) is 1. The summed E-state index contributed by atoms with van der Waals surface area (Å²) in [5.41, 5.74) is 8.11. The fourth-order valence-electron chi connectivity index (χ4n) is 3.56. The normalized spacial score (nSPS) is 15.2. The highest BCUT2D eigenvalue weighted by Gasteiger charge is 2.26. The number of aryl methyl sites for hydroxylation is 1. The van der Waals surface area contributed by atoms with E-state index in [4.69, 9.17) is 5.73 Å². The molecule has 8 heteroatoms. The second-order valence-electron chi connectivity index (χ2n) is 6.96. The molecule has 1 aliphatic heterocycles. The number of halogens is 4. The third kappa shape index (κ3) is 6.29. The summed E-state index contributed by atoms with van der Waals surface area (Å²) >= 11 is 0. The van der Waals surface area contributed by atoms with Gasteiger partial charge in [0.1, 0.15) is 11.6 Å². The molecule has 0 spiro atoms. The number of nitrogen functional groups attached to an aromatic ring is 1. The Morgan fingerprint density at radius 1 is 1.07 bits per heavy atom. The van der Waals surface area contributed by atoms with Gasteiger partial charge in [-0.3, -0.25) is 9.69 Å². The van der Waals surface area contributed by atoms with E-state index in [1.54, 1.807) is 0 Å². The topological polar surface area (TPSA) is 49.6 Å². The number of anilines is 1. The SMILES string of the molecule is CC(c1ccc(F)cc1F)N1CCN(C(=O)CCc2ccccc2N)CC1.Cl.Cl. The van der Waals surface area contributed by atoms with Crippen molar-refractivity contribution in [2.24, 2.45) is 0 Å². The minimum absolute atomic E-state index is 0. The van der Waals surface area contributed by atoms with E-state index >= 15 is 0 Å². The molecule has 0 aromatic heterocycles. The first-order valence-electron chi connectivity index (χ1n) is 9.26. The summed E-state index contributed by atoms with van der Waals surface area (Å²) < 4.78 is 27.1. The Kier molecular flexibility index (Phi) is 9.83. The number of nitrogens with two attached hydrogens (primary N) is 1. The van der Waals surface area contributed by atoms with Crippen molar-refractivity contribution in [3.8, 4) is 0 Å². The molecule has 4 nitrogen and oxygen atoms in total. The average molecular weight is 446 g/mol. The van der Waals surface area contributed by atoms with Gasteiger partial charge in [-0.2, -0.15) is 0 Å². The summed E-state index contributed by atoms with van der Waals surface area (Å²) in [6, 6.07) is 11.1. The molecule has 1 fully saturated rings. The molecule has 2 N–H and O–H groups in total. The standard InChI is InChI=1S/C21H25F2N3O.2ClH/c1-15(18-8-7-17(22)14-19(18)23)25-10-12-26(13-11-25)21(27)9-6-16-4-2-3-5-20(16)24;;/h2-5,7-8,14-15H,6,9-13,24H2,1H3;2*1H. The van der Waals surface area contributed by atoms with Crippen molar-refractivity contribution in [3.05, 3.63) is 65.2 Å². The van der Waals surface area contributed by atoms with Crippen LogP contribution in [0.1, 0.15) is 30.5 Å². The summed E-state index contributed by atoms with van der Waals surface area (Å²) in [6.07, 6.45) is 1.05. The number of para-hydroxylation sites is 1. The largest absolute Gasteiger partial charge is 0.399 e. The Hall–Kier alpha value is -1.89. The van der Waals surface area contributed by atoms with Crippen LogP contribution >= 0.6 is 24.8 Å². The second-order valence-corrected chi connectivity index (χ2v) is 6.96. The van der Waals surface area contributed by atoms with Crippen LogP contribution in [0.3, 0.4) is 0 Å². The first-order valence-corrected chi connectivity index (χ1v) is 9.26. The number of nitrogens with zero attached hydrogens (tertiary/aromatic N) is 2. The first-order chi connectivity index (χ1) is 13.0. The molecule has 1 aliphatic rings. The highest BCUT2D eigenvalue weighted by atomic mass is 35.5. The zero-order valence-electron chi connectivity index (χ0n) is 16.3. The molecule has 0 saturated carbocycles. The number of carbonyl (C=O) groups is 1. The van der Waals surface area contributed by atoms with E-state index in [0.29, 0.717) is 50.3 Å². The Labute approximate surface area is 182 Å². The number of carbonyl (C=O) groups excluding carboxylic acids is 1. The van der Waals surface area contributed by atoms with Crippen molar-refractivity contribution in [3.63, 3.8) is 0 Å². The molecule has 3 rings (SSSR count). The zero-order chi connectivity index (χ0) is 19.4. The van der Waals surface area contributed by atoms with Gasteiger partial charge in [-0.25, -0.2) is 8.78 Å². The van der Waals surface area contributed by atoms with Crippen molar-refractivity contribution in [2.45, 2.75) is 25.8 Å². The Morgan fingerprint density at radius 2 is 1.72 bits per heavy atom. The summed E-state index contributed by atoms with van der Waals surface area (Å²) in [4.78, 5) is 16.5. The van der Waals surface area contributed by atoms with E-state index < -0.39 is 11.6 Å². The van der Waals surface area contributed by atoms with Crippen LogP contribution in [0.4, 0.5) is 14.5 Å². The van der Waals surface area contributed by atoms with Gasteiger partial charge in [0.05, 0.1) is 0 Å². The Balaban J connectivity index is 0.00000210. The van der Waals surface area contributed by atoms with Gasteiger partial charge in [-0.1, -0.05) is 24.3 Å². The minimum Gasteiger partial charge on any atom is -0.399 e. The fourth-order valence-corrected chi connectivity index (χ4v) is 3.56. The fraction of sp³-hybridized carbons (Fsp3) is 0.381. The number of hydrogen-bond acceptors (Lipinski definition) is 3. The molecular formula is C21H27Cl2F2N3O. The quantitative estimate of drug-likeness (QED) is 0.700. The lowest BCUT2D eigenvalue weighted by Gasteiger charge is -2.38. The molecule has 1 heterocycles. The molecule has 160 valence electrons. The monoisotopic (exact) mass is 445 g/mol. The molecule has 1 saturated heterocycles. The van der Waals surface area contributed by atoms with Crippen LogP contribution < -0.4 is 5.73 Å². The zero-order valence-corrected chi connectivity index (χ0v) is 17.9. The van der Waals surface area contributed by atoms with E-state index in [-0.39, 0.29) is 36.8 Å². The van der Waals surface area contributed by atoms with Crippen LogP contribution in [0.15, 0.2) is 42.5 Å². The maximum Gasteiger partial charge on any atom is 0.222 e. The lowest BCUT2D eigenvalue weighted by atomic mass is 10.0. The maximum atomic E-state index is 14.0. The maximum absolute atomic E-state index is 14.0. The van der Waals surface area contributed by atoms with E-state index in [1.165, 1.54) is 12.1 Å². The van der Waals surface area contributed by atoms with Crippen LogP contribution in [0.25, 0.3) is 0 Å². The molecule has 1 amide bonds. The molecule has 2 aromatic rings. The van der Waals surface area contributed by atoms with Crippen molar-refractivity contribution in [1.29, 1.82) is 0 Å². The highest BCUT2D eigenvalue weighted by Crippen LogP contribution is 2.25. The first kappa shape index (κ1) is 25.1. The third-order valence-electron chi connectivity index (χ3n) is 5.29. The van der Waals surface area contributed by atoms with Crippen LogP contribution in [-0.4, -0.2) is 41.9 Å². The van der Waals surface area contributed by atoms with E-state index in [9.17, 15) is 13.6 Å². The molecule has 0 bridgehead atoms. The van der Waals surface area contributed by atoms with Gasteiger partial charge in [-0.15, -0.1) is 24.8 Å². The van der Waals surface area contributed by atoms with Crippen molar-refractivity contribution >= 4 is 36.4 Å². The van der Waals surface area contributed by atoms with Gasteiger partial charge in [0, 0.05) is 56.0 Å². The molecule has 1 atom stereocenters. The van der Waals surface area contributed by atoms with E-state index in [1.807, 2.05) is 36.1 Å². The average Bonchev–Trinajstić information content (AvgIpc) is 2.67. The van der Waals surface area contributed by atoms with Gasteiger partial charge in [-0.05, 0) is 31.0 Å². The lowest BCUT2D eigenvalue weighted by Crippen LogP contribution is -2.49. The van der Waals surface area contributed by atoms with E-state index in [0.717, 1.165) is 11.6 Å². The minimum atomic E-state index is -0.571. The van der Waals surface area contributed by atoms with Crippen LogP contribution in [-0.2, 0) is 11.2 Å². The third-order valence-corrected chi connectivity index (χ3v) is 5.29. The van der Waals surface area contributed by atoms with Crippen molar-refractivity contribution in [2.75, 3.05) is 31.9 Å². The molecule has 0 aliphatic carbocycles. The second kappa shape index (κ2) is 11.3. The molecular weight excluding hydrogens is 419 g/mol. The predicted molar refractivity (Wildman–Crippen MR) is 117 cm³/mol. The molecule has 1 unspecified atom stereocenters. The number of piperazine rings is 1. The highest BCUT2D eigenvalue weighted by molar-refractivity contribution is 5.85. The van der Waals surface area contributed by atoms with Gasteiger partial charge in [0.15, 0.2) is 0 Å². The number of benzene rings is 2. The smallest absolute Gasteiger partial charge is 0.222 e. The van der Waals surface area contributed by atoms with Crippen molar-refractivity contribution < 1.29 is 13.6 Å². The van der Waals surface area contributed by atoms with Gasteiger partial charge in [0.25, 0.3) is 0 Å². The summed E-state index contributed by atoms with van der Waals surface area (Å²) in [7, 11) is 0. The van der Waals surface area contributed by atoms with Crippen LogP contribution in [0.5, 0.6) is 0 Å². The number of amides is 1. The molecule has 29 heavy (non-hydrogen) atoms. The predicted octanol–water partition coefficient (Wildman–Crippen LogP) is 4.23. The van der Waals surface area contributed by atoms with Crippen molar-refractivity contribution in [1.82, 2.24) is 9.80 Å². The van der Waals surface area contributed by atoms with Crippen LogP contribution in [0.2, 0.25) is 0 Å². The Morgan fingerprint density at radius 3 is 2.34 bits per heavy atom. The number of rotatable bonds is 5.